The third kappa shape index (κ3) is 24.6. The van der Waals surface area contributed by atoms with E-state index in [9.17, 15) is 0 Å². The summed E-state index contributed by atoms with van der Waals surface area (Å²) in [6.07, 6.45) is 43.2. The van der Waals surface area contributed by atoms with Gasteiger partial charge in [0.15, 0.2) is 0 Å². The molecule has 0 aliphatic heterocycles. The summed E-state index contributed by atoms with van der Waals surface area (Å²) in [5.41, 5.74) is 7.78. The summed E-state index contributed by atoms with van der Waals surface area (Å²) in [5.74, 6) is 0.397. The lowest BCUT2D eigenvalue weighted by Gasteiger charge is -2.20. The van der Waals surface area contributed by atoms with Crippen LogP contribution in [0.4, 0.5) is 0 Å². The first kappa shape index (κ1) is 38.8. The Balaban J connectivity index is 4.60. The van der Waals surface area contributed by atoms with Gasteiger partial charge < -0.3 is 4.74 Å². The van der Waals surface area contributed by atoms with Gasteiger partial charge in [0.2, 0.25) is 0 Å². The molecule has 1 unspecified atom stereocenters. The highest BCUT2D eigenvalue weighted by Crippen LogP contribution is 2.14. The van der Waals surface area contributed by atoms with Crippen LogP contribution in [0.3, 0.4) is 0 Å². The van der Waals surface area contributed by atoms with Crippen LogP contribution < -0.4 is 0 Å². The van der Waals surface area contributed by atoms with Crippen LogP contribution in [0.1, 0.15) is 94.9 Å². The van der Waals surface area contributed by atoms with E-state index in [4.69, 9.17) is 4.74 Å². The van der Waals surface area contributed by atoms with Crippen molar-refractivity contribution in [3.05, 3.63) is 143 Å². The molecule has 0 saturated heterocycles. The molecule has 0 bridgehead atoms. The van der Waals surface area contributed by atoms with Crippen LogP contribution in [-0.4, -0.2) is 12.7 Å². The molecule has 1 atom stereocenters. The van der Waals surface area contributed by atoms with E-state index in [1.807, 2.05) is 0 Å². The molecule has 1 heteroatoms. The Hall–Kier alpha value is -3.16. The minimum Gasteiger partial charge on any atom is -0.378 e. The van der Waals surface area contributed by atoms with Gasteiger partial charge in [0.05, 0.1) is 5.60 Å². The summed E-state index contributed by atoms with van der Waals surface area (Å²) in [6, 6.07) is 0. The van der Waals surface area contributed by atoms with Crippen molar-refractivity contribution < 1.29 is 4.74 Å². The van der Waals surface area contributed by atoms with Crippen molar-refractivity contribution in [2.75, 3.05) is 7.11 Å². The van der Waals surface area contributed by atoms with Gasteiger partial charge in [0.25, 0.3) is 0 Å². The smallest absolute Gasteiger partial charge is 0.0657 e. The van der Waals surface area contributed by atoms with E-state index in [-0.39, 0.29) is 5.60 Å². The van der Waals surface area contributed by atoms with E-state index in [1.165, 1.54) is 33.4 Å². The third-order valence-corrected chi connectivity index (χ3v) is 6.63. The lowest BCUT2D eigenvalue weighted by molar-refractivity contribution is 0.0255. The summed E-state index contributed by atoms with van der Waals surface area (Å²) in [4.78, 5) is 0. The van der Waals surface area contributed by atoms with Gasteiger partial charge in [-0.2, -0.15) is 0 Å². The maximum atomic E-state index is 5.45. The molecule has 0 spiro atoms. The van der Waals surface area contributed by atoms with Crippen LogP contribution in [0.2, 0.25) is 0 Å². The molecule has 42 heavy (non-hydrogen) atoms. The maximum Gasteiger partial charge on any atom is 0.0657 e. The van der Waals surface area contributed by atoms with Crippen molar-refractivity contribution in [3.8, 4) is 0 Å². The van der Waals surface area contributed by atoms with E-state index in [0.29, 0.717) is 5.92 Å². The molecular formula is C41H60O. The highest BCUT2D eigenvalue weighted by atomic mass is 16.5. The van der Waals surface area contributed by atoms with E-state index in [1.54, 1.807) is 7.11 Å². The molecule has 1 nitrogen and oxygen atoms in total. The highest BCUT2D eigenvalue weighted by molar-refractivity contribution is 5.31. The van der Waals surface area contributed by atoms with Gasteiger partial charge in [-0.15, -0.1) is 0 Å². The fourth-order valence-corrected chi connectivity index (χ4v) is 3.53. The van der Waals surface area contributed by atoms with Gasteiger partial charge in [-0.3, -0.25) is 0 Å². The summed E-state index contributed by atoms with van der Waals surface area (Å²) in [5, 5.41) is 0. The van der Waals surface area contributed by atoms with Crippen molar-refractivity contribution in [2.45, 2.75) is 101 Å². The molecular weight excluding hydrogens is 508 g/mol. The highest BCUT2D eigenvalue weighted by Gasteiger charge is 2.12. The Labute approximate surface area is 260 Å². The topological polar surface area (TPSA) is 9.23 Å². The van der Waals surface area contributed by atoms with Gasteiger partial charge >= 0.3 is 0 Å². The van der Waals surface area contributed by atoms with E-state index in [0.717, 1.165) is 25.7 Å². The Kier molecular flexibility index (Phi) is 21.6. The van der Waals surface area contributed by atoms with Gasteiger partial charge in [-0.25, -0.2) is 0 Å². The number of rotatable bonds is 18. The molecule has 0 rings (SSSR count). The van der Waals surface area contributed by atoms with E-state index >= 15 is 0 Å². The van der Waals surface area contributed by atoms with E-state index in [2.05, 4.69) is 179 Å². The lowest BCUT2D eigenvalue weighted by Crippen LogP contribution is -2.20. The number of hydrogen-bond acceptors (Lipinski definition) is 1. The first-order chi connectivity index (χ1) is 19.8. The van der Waals surface area contributed by atoms with Crippen molar-refractivity contribution in [2.24, 2.45) is 5.92 Å². The average Bonchev–Trinajstić information content (AvgIpc) is 2.91. The Morgan fingerprint density at radius 1 is 0.643 bits per heavy atom. The monoisotopic (exact) mass is 568 g/mol. The molecule has 0 N–H and O–H groups in total. The molecule has 0 radical (unpaired) electrons. The lowest BCUT2D eigenvalue weighted by atomic mass is 10.0. The number of methoxy groups -OCH3 is 1. The molecule has 0 aliphatic carbocycles. The molecule has 0 fully saturated rings. The molecule has 0 aliphatic rings. The minimum absolute atomic E-state index is 0.118. The van der Waals surface area contributed by atoms with Gasteiger partial charge in [0, 0.05) is 7.11 Å². The fraction of sp³-hybridized carbons (Fsp3) is 0.415. The molecule has 0 aromatic rings. The van der Waals surface area contributed by atoms with E-state index < -0.39 is 0 Å². The van der Waals surface area contributed by atoms with Crippen LogP contribution in [0.25, 0.3) is 0 Å². The second kappa shape index (κ2) is 23.4. The molecule has 230 valence electrons. The van der Waals surface area contributed by atoms with Gasteiger partial charge in [-0.05, 0) is 93.9 Å². The Morgan fingerprint density at radius 3 is 1.81 bits per heavy atom. The average molecular weight is 569 g/mol. The summed E-state index contributed by atoms with van der Waals surface area (Å²) >= 11 is 0. The second-order valence-electron chi connectivity index (χ2n) is 12.1. The number of ether oxygens (including phenoxy) is 1. The van der Waals surface area contributed by atoms with Crippen LogP contribution in [0.15, 0.2) is 143 Å². The zero-order valence-corrected chi connectivity index (χ0v) is 28.7. The standard InChI is InChI=1S/C41H60O/c1-34(2)31-32-40(8)29-18-27-38(6)25-16-23-36(4)21-14-12-13-20-35(3)22-15-24-37(5)26-17-28-39(7)30-19-33-41(9,10)42-11/h12-17,19-26,28-31,36H,18,27,32-33H2,1-11H3/b13-12?,21-14?,22-15?,23-16?,26-17?,30-19?,35-20?,37-24?,38-25+,39-28?,40-29?. The fourth-order valence-electron chi connectivity index (χ4n) is 3.53. The third-order valence-electron chi connectivity index (χ3n) is 6.63. The number of allylic oxidation sites excluding steroid dienone is 23. The van der Waals surface area contributed by atoms with Crippen LogP contribution >= 0.6 is 0 Å². The first-order valence-corrected chi connectivity index (χ1v) is 15.4. The minimum atomic E-state index is -0.118. The predicted octanol–water partition coefficient (Wildman–Crippen LogP) is 12.6. The second-order valence-corrected chi connectivity index (χ2v) is 12.1. The molecule has 0 aromatic heterocycles. The quantitative estimate of drug-likeness (QED) is 0.118. The van der Waals surface area contributed by atoms with Crippen molar-refractivity contribution in [1.29, 1.82) is 0 Å². The molecule has 0 aromatic carbocycles. The maximum absolute atomic E-state index is 5.45. The zero-order chi connectivity index (χ0) is 31.8. The largest absolute Gasteiger partial charge is 0.378 e. The predicted molar refractivity (Wildman–Crippen MR) is 192 cm³/mol. The molecule has 0 amide bonds. The number of hydrogen-bond donors (Lipinski definition) is 0. The van der Waals surface area contributed by atoms with Gasteiger partial charge in [0.1, 0.15) is 0 Å². The van der Waals surface area contributed by atoms with Crippen LogP contribution in [0.5, 0.6) is 0 Å². The van der Waals surface area contributed by atoms with Gasteiger partial charge in [-0.1, -0.05) is 150 Å². The van der Waals surface area contributed by atoms with Crippen molar-refractivity contribution in [3.63, 3.8) is 0 Å². The van der Waals surface area contributed by atoms with Crippen LogP contribution in [-0.2, 0) is 4.74 Å². The normalized spacial score (nSPS) is 16.0. The summed E-state index contributed by atoms with van der Waals surface area (Å²) in [6.45, 7) is 21.5. The summed E-state index contributed by atoms with van der Waals surface area (Å²) in [7, 11) is 1.76. The zero-order valence-electron chi connectivity index (χ0n) is 28.7. The Morgan fingerprint density at radius 2 is 1.21 bits per heavy atom. The summed E-state index contributed by atoms with van der Waals surface area (Å²) < 4.78 is 5.45. The Bertz CT molecular complexity index is 1140. The van der Waals surface area contributed by atoms with Crippen LogP contribution in [0, 0.1) is 5.92 Å². The van der Waals surface area contributed by atoms with Crippen molar-refractivity contribution >= 4 is 0 Å². The first-order valence-electron chi connectivity index (χ1n) is 15.4. The van der Waals surface area contributed by atoms with Crippen molar-refractivity contribution in [1.82, 2.24) is 0 Å². The SMILES string of the molecule is COC(C)(C)CC=CC(C)=CC=CC(C)=CC=CC(C)=CC=CC=CC(C)C=C/C=C(\C)CCC=C(C)CC=C(C)C. The molecule has 0 heterocycles. The molecule has 0 saturated carbocycles.